The van der Waals surface area contributed by atoms with Gasteiger partial charge in [0.25, 0.3) is 0 Å². The van der Waals surface area contributed by atoms with Crippen LogP contribution < -0.4 is 0 Å². The SMILES string of the molecule is O=S1(=O)CCCC1Cn1c(CCCl)nc2ccc(Cl)cc21. The molecule has 0 N–H and O–H groups in total. The number of imidazole rings is 1. The van der Waals surface area contributed by atoms with Crippen molar-refractivity contribution in [2.24, 2.45) is 0 Å². The quantitative estimate of drug-likeness (QED) is 0.799. The van der Waals surface area contributed by atoms with E-state index in [1.807, 2.05) is 16.7 Å². The number of nitrogens with zero attached hydrogens (tertiary/aromatic N) is 2. The second-order valence-electron chi connectivity index (χ2n) is 5.34. The van der Waals surface area contributed by atoms with Gasteiger partial charge >= 0.3 is 0 Å². The molecule has 21 heavy (non-hydrogen) atoms. The van der Waals surface area contributed by atoms with Crippen molar-refractivity contribution in [2.75, 3.05) is 11.6 Å². The van der Waals surface area contributed by atoms with Crippen molar-refractivity contribution in [1.29, 1.82) is 0 Å². The van der Waals surface area contributed by atoms with Gasteiger partial charge in [-0.25, -0.2) is 13.4 Å². The first kappa shape index (κ1) is 15.1. The molecule has 4 nitrogen and oxygen atoms in total. The third-order valence-electron chi connectivity index (χ3n) is 3.96. The summed E-state index contributed by atoms with van der Waals surface area (Å²) in [4.78, 5) is 4.56. The summed E-state index contributed by atoms with van der Waals surface area (Å²) in [5.74, 6) is 1.56. The average molecular weight is 347 g/mol. The van der Waals surface area contributed by atoms with Gasteiger partial charge in [-0.3, -0.25) is 0 Å². The van der Waals surface area contributed by atoms with E-state index in [9.17, 15) is 8.42 Å². The Balaban J connectivity index is 2.06. The first-order valence-corrected chi connectivity index (χ1v) is 9.56. The first-order chi connectivity index (χ1) is 10.0. The number of benzene rings is 1. The second kappa shape index (κ2) is 5.78. The van der Waals surface area contributed by atoms with Crippen molar-refractivity contribution in [3.63, 3.8) is 0 Å². The number of alkyl halides is 1. The Kier molecular flexibility index (Phi) is 4.17. The van der Waals surface area contributed by atoms with Gasteiger partial charge in [0, 0.05) is 23.9 Å². The molecule has 1 atom stereocenters. The predicted molar refractivity (Wildman–Crippen MR) is 86.0 cm³/mol. The fourth-order valence-electron chi connectivity index (χ4n) is 2.89. The Morgan fingerprint density at radius 1 is 1.38 bits per heavy atom. The van der Waals surface area contributed by atoms with E-state index < -0.39 is 9.84 Å². The molecule has 7 heteroatoms. The Hall–Kier alpha value is -0.780. The second-order valence-corrected chi connectivity index (χ2v) is 8.56. The van der Waals surface area contributed by atoms with E-state index in [0.717, 1.165) is 23.3 Å². The van der Waals surface area contributed by atoms with Crippen LogP contribution in [0, 0.1) is 0 Å². The predicted octanol–water partition coefficient (Wildman–Crippen LogP) is 3.05. The molecule has 2 aromatic rings. The van der Waals surface area contributed by atoms with Gasteiger partial charge in [-0.15, -0.1) is 11.6 Å². The molecule has 1 fully saturated rings. The smallest absolute Gasteiger partial charge is 0.154 e. The molecule has 0 bridgehead atoms. The van der Waals surface area contributed by atoms with Crippen LogP contribution in [0.1, 0.15) is 18.7 Å². The van der Waals surface area contributed by atoms with Crippen molar-refractivity contribution in [2.45, 2.75) is 31.1 Å². The summed E-state index contributed by atoms with van der Waals surface area (Å²) >= 11 is 11.9. The zero-order valence-corrected chi connectivity index (χ0v) is 13.8. The minimum Gasteiger partial charge on any atom is -0.327 e. The third kappa shape index (κ3) is 2.91. The highest BCUT2D eigenvalue weighted by Gasteiger charge is 2.32. The molecule has 114 valence electrons. The standard InChI is InChI=1S/C14H16Cl2N2O2S/c15-6-5-14-17-12-4-3-10(16)8-13(12)18(14)9-11-2-1-7-21(11,19)20/h3-4,8,11H,1-2,5-7,9H2. The minimum absolute atomic E-state index is 0.288. The van der Waals surface area contributed by atoms with Crippen LogP contribution in [-0.4, -0.2) is 34.9 Å². The van der Waals surface area contributed by atoms with Crippen LogP contribution in [0.25, 0.3) is 11.0 Å². The molecular weight excluding hydrogens is 331 g/mol. The molecule has 0 radical (unpaired) electrons. The number of fused-ring (bicyclic) bond motifs is 1. The number of aryl methyl sites for hydroxylation is 1. The lowest BCUT2D eigenvalue weighted by atomic mass is 10.2. The molecule has 0 aliphatic carbocycles. The molecule has 1 aliphatic rings. The Labute approximate surface area is 134 Å². The molecule has 0 saturated carbocycles. The van der Waals surface area contributed by atoms with E-state index >= 15 is 0 Å². The van der Waals surface area contributed by atoms with Gasteiger partial charge < -0.3 is 4.57 Å². The fraction of sp³-hybridized carbons (Fsp3) is 0.500. The minimum atomic E-state index is -2.99. The zero-order chi connectivity index (χ0) is 15.0. The molecule has 0 spiro atoms. The molecule has 1 saturated heterocycles. The van der Waals surface area contributed by atoms with E-state index in [1.54, 1.807) is 6.07 Å². The summed E-state index contributed by atoms with van der Waals surface area (Å²) < 4.78 is 26.1. The molecule has 1 aromatic carbocycles. The molecule has 0 amide bonds. The summed E-state index contributed by atoms with van der Waals surface area (Å²) in [7, 11) is -2.99. The van der Waals surface area contributed by atoms with E-state index in [4.69, 9.17) is 23.2 Å². The maximum absolute atomic E-state index is 12.1. The Bertz CT molecular complexity index is 771. The third-order valence-corrected chi connectivity index (χ3v) is 6.64. The number of sulfone groups is 1. The highest BCUT2D eigenvalue weighted by Crippen LogP contribution is 2.26. The lowest BCUT2D eigenvalue weighted by molar-refractivity contribution is 0.564. The van der Waals surface area contributed by atoms with Gasteiger partial charge in [-0.1, -0.05) is 11.6 Å². The monoisotopic (exact) mass is 346 g/mol. The van der Waals surface area contributed by atoms with Gasteiger partial charge in [-0.05, 0) is 31.0 Å². The highest BCUT2D eigenvalue weighted by molar-refractivity contribution is 7.92. The van der Waals surface area contributed by atoms with Gasteiger partial charge in [0.15, 0.2) is 9.84 Å². The van der Waals surface area contributed by atoms with E-state index in [2.05, 4.69) is 4.98 Å². The molecule has 1 unspecified atom stereocenters. The number of hydrogen-bond donors (Lipinski definition) is 0. The van der Waals surface area contributed by atoms with Gasteiger partial charge in [-0.2, -0.15) is 0 Å². The first-order valence-electron chi connectivity index (χ1n) is 6.93. The van der Waals surface area contributed by atoms with Crippen LogP contribution in [0.4, 0.5) is 0 Å². The Morgan fingerprint density at radius 2 is 2.19 bits per heavy atom. The van der Waals surface area contributed by atoms with Crippen molar-refractivity contribution in [1.82, 2.24) is 9.55 Å². The van der Waals surface area contributed by atoms with Crippen LogP contribution in [0.3, 0.4) is 0 Å². The zero-order valence-electron chi connectivity index (χ0n) is 11.4. The number of halogens is 2. The van der Waals surface area contributed by atoms with Gasteiger partial charge in [0.05, 0.1) is 22.0 Å². The summed E-state index contributed by atoms with van der Waals surface area (Å²) in [6.45, 7) is 0.436. The average Bonchev–Trinajstić information content (AvgIpc) is 2.92. The van der Waals surface area contributed by atoms with E-state index in [-0.39, 0.29) is 11.0 Å². The molecular formula is C14H16Cl2N2O2S. The fourth-order valence-corrected chi connectivity index (χ4v) is 5.03. The lowest BCUT2D eigenvalue weighted by Gasteiger charge is -2.14. The maximum Gasteiger partial charge on any atom is 0.154 e. The number of aromatic nitrogens is 2. The number of hydrogen-bond acceptors (Lipinski definition) is 3. The van der Waals surface area contributed by atoms with Gasteiger partial charge in [0.2, 0.25) is 0 Å². The number of rotatable bonds is 4. The van der Waals surface area contributed by atoms with Crippen LogP contribution in [0.15, 0.2) is 18.2 Å². The lowest BCUT2D eigenvalue weighted by Crippen LogP contribution is -2.23. The summed E-state index contributed by atoms with van der Waals surface area (Å²) in [6.07, 6.45) is 2.06. The molecule has 1 aliphatic heterocycles. The van der Waals surface area contributed by atoms with Crippen molar-refractivity contribution in [3.05, 3.63) is 29.0 Å². The van der Waals surface area contributed by atoms with Crippen LogP contribution in [0.5, 0.6) is 0 Å². The molecule has 1 aromatic heterocycles. The summed E-state index contributed by atoms with van der Waals surface area (Å²) in [5, 5.41) is 0.290. The van der Waals surface area contributed by atoms with Crippen LogP contribution >= 0.6 is 23.2 Å². The van der Waals surface area contributed by atoms with Gasteiger partial charge in [0.1, 0.15) is 5.82 Å². The van der Waals surface area contributed by atoms with Crippen molar-refractivity contribution in [3.8, 4) is 0 Å². The van der Waals surface area contributed by atoms with Crippen LogP contribution in [0.2, 0.25) is 5.02 Å². The largest absolute Gasteiger partial charge is 0.327 e. The molecule has 2 heterocycles. The van der Waals surface area contributed by atoms with Crippen molar-refractivity contribution < 1.29 is 8.42 Å². The summed E-state index contributed by atoms with van der Waals surface area (Å²) in [5.41, 5.74) is 1.71. The maximum atomic E-state index is 12.1. The van der Waals surface area contributed by atoms with E-state index in [1.165, 1.54) is 0 Å². The summed E-state index contributed by atoms with van der Waals surface area (Å²) in [6, 6.07) is 5.48. The normalized spacial score (nSPS) is 21.1. The van der Waals surface area contributed by atoms with Crippen molar-refractivity contribution >= 4 is 44.1 Å². The topological polar surface area (TPSA) is 52.0 Å². The van der Waals surface area contributed by atoms with E-state index in [0.29, 0.717) is 30.3 Å². The molecule has 3 rings (SSSR count). The Morgan fingerprint density at radius 3 is 2.86 bits per heavy atom. The van der Waals surface area contributed by atoms with Crippen LogP contribution in [-0.2, 0) is 22.8 Å². The highest BCUT2D eigenvalue weighted by atomic mass is 35.5.